The van der Waals surface area contributed by atoms with Crippen LogP contribution in [0.4, 0.5) is 4.79 Å². The number of carbonyl (C=O) groups is 1. The van der Waals surface area contributed by atoms with Crippen LogP contribution < -0.4 is 5.32 Å². The lowest BCUT2D eigenvalue weighted by Gasteiger charge is -2.40. The topological polar surface area (TPSA) is 152 Å². The first kappa shape index (κ1) is 14.7. The highest BCUT2D eigenvalue weighted by molar-refractivity contribution is 5.73. The van der Waals surface area contributed by atoms with Crippen LogP contribution in [-0.2, 0) is 4.74 Å². The maximum Gasteiger partial charge on any atom is 0.340 e. The van der Waals surface area contributed by atoms with Crippen molar-refractivity contribution in [1.82, 2.24) is 10.3 Å². The van der Waals surface area contributed by atoms with E-state index >= 15 is 0 Å². The molecule has 0 radical (unpaired) electrons. The van der Waals surface area contributed by atoms with Gasteiger partial charge in [-0.05, 0) is 0 Å². The Morgan fingerprint density at radius 3 is 2.50 bits per heavy atom. The first-order valence-electron chi connectivity index (χ1n) is 5.10. The molecule has 0 saturated carbocycles. The molecule has 0 bridgehead atoms. The van der Waals surface area contributed by atoms with Crippen molar-refractivity contribution >= 4 is 6.03 Å². The van der Waals surface area contributed by atoms with Crippen molar-refractivity contribution in [2.45, 2.75) is 30.6 Å². The largest absolute Gasteiger partial charge is 0.394 e. The van der Waals surface area contributed by atoms with Gasteiger partial charge in [0.05, 0.1) is 11.9 Å². The lowest BCUT2D eigenvalue weighted by Crippen LogP contribution is -2.64. The first-order chi connectivity index (χ1) is 8.42. The number of nitrogens with one attached hydrogen (secondary N) is 1. The molecule has 0 aromatic carbocycles. The summed E-state index contributed by atoms with van der Waals surface area (Å²) >= 11 is 0. The molecule has 18 heavy (non-hydrogen) atoms. The maximum atomic E-state index is 11.3. The van der Waals surface area contributed by atoms with E-state index in [0.717, 1.165) is 7.05 Å². The molecule has 1 heterocycles. The molecule has 1 aliphatic rings. The number of hydrogen-bond acceptors (Lipinski definition) is 8. The molecular weight excluding hydrogens is 250 g/mol. The van der Waals surface area contributed by atoms with Gasteiger partial charge in [0.15, 0.2) is 6.29 Å². The van der Waals surface area contributed by atoms with Crippen molar-refractivity contribution in [3.05, 3.63) is 4.91 Å². The zero-order valence-corrected chi connectivity index (χ0v) is 9.50. The standard InChI is InChI=1S/C8H15N3O7/c1-11(10-17)8(16)9-4-6(14)5(13)3(2-12)18-7(4)15/h3-7,12-15H,2H2,1H3,(H,9,16)/t3?,4?,5-,6-,7-/m1/s1. The van der Waals surface area contributed by atoms with Crippen LogP contribution in [0.2, 0.25) is 0 Å². The Kier molecular flexibility index (Phi) is 4.93. The van der Waals surface area contributed by atoms with E-state index in [9.17, 15) is 25.0 Å². The fourth-order valence-electron chi connectivity index (χ4n) is 1.53. The smallest absolute Gasteiger partial charge is 0.340 e. The fourth-order valence-corrected chi connectivity index (χ4v) is 1.53. The van der Waals surface area contributed by atoms with Gasteiger partial charge < -0.3 is 30.5 Å². The first-order valence-corrected chi connectivity index (χ1v) is 5.10. The molecular formula is C8H15N3O7. The van der Waals surface area contributed by atoms with Gasteiger partial charge in [-0.15, -0.1) is 4.91 Å². The van der Waals surface area contributed by atoms with E-state index in [1.54, 1.807) is 0 Å². The molecule has 1 fully saturated rings. The summed E-state index contributed by atoms with van der Waals surface area (Å²) in [5.41, 5.74) is 0. The summed E-state index contributed by atoms with van der Waals surface area (Å²) in [5.74, 6) is 0. The van der Waals surface area contributed by atoms with Crippen LogP contribution in [0.5, 0.6) is 0 Å². The van der Waals surface area contributed by atoms with Crippen LogP contribution in [0.1, 0.15) is 0 Å². The van der Waals surface area contributed by atoms with Crippen LogP contribution >= 0.6 is 0 Å². The highest BCUT2D eigenvalue weighted by Crippen LogP contribution is 2.19. The van der Waals surface area contributed by atoms with Gasteiger partial charge in [0, 0.05) is 7.05 Å². The van der Waals surface area contributed by atoms with Gasteiger partial charge in [0.25, 0.3) is 0 Å². The Labute approximate surface area is 102 Å². The Bertz CT molecular complexity index is 315. The number of hydrogen-bond donors (Lipinski definition) is 5. The van der Waals surface area contributed by atoms with Gasteiger partial charge in [-0.1, -0.05) is 0 Å². The number of rotatable bonds is 3. The molecule has 0 aliphatic carbocycles. The van der Waals surface area contributed by atoms with Crippen molar-refractivity contribution < 1.29 is 30.0 Å². The third kappa shape index (κ3) is 2.91. The number of nitroso groups, excluding NO2 is 1. The summed E-state index contributed by atoms with van der Waals surface area (Å²) in [6, 6.07) is -2.33. The molecule has 1 aliphatic heterocycles. The predicted octanol–water partition coefficient (Wildman–Crippen LogP) is -2.89. The predicted molar refractivity (Wildman–Crippen MR) is 55.9 cm³/mol. The molecule has 1 saturated heterocycles. The number of aliphatic hydroxyl groups excluding tert-OH is 4. The number of ether oxygens (including phenoxy) is 1. The lowest BCUT2D eigenvalue weighted by atomic mass is 9.97. The highest BCUT2D eigenvalue weighted by Gasteiger charge is 2.44. The molecule has 2 unspecified atom stereocenters. The summed E-state index contributed by atoms with van der Waals surface area (Å²) in [5, 5.41) is 42.4. The molecule has 104 valence electrons. The van der Waals surface area contributed by atoms with E-state index < -0.39 is 43.3 Å². The summed E-state index contributed by atoms with van der Waals surface area (Å²) in [6.07, 6.45) is -5.84. The molecule has 1 rings (SSSR count). The number of amides is 2. The van der Waals surface area contributed by atoms with Crippen LogP contribution in [0.15, 0.2) is 5.29 Å². The van der Waals surface area contributed by atoms with Crippen LogP contribution in [0, 0.1) is 4.91 Å². The molecule has 5 atom stereocenters. The minimum atomic E-state index is -1.63. The van der Waals surface area contributed by atoms with Gasteiger partial charge in [0.2, 0.25) is 0 Å². The average Bonchev–Trinajstić information content (AvgIpc) is 2.37. The maximum absolute atomic E-state index is 11.3. The van der Waals surface area contributed by atoms with Gasteiger partial charge >= 0.3 is 6.03 Å². The third-order valence-electron chi connectivity index (χ3n) is 2.61. The normalized spacial score (nSPS) is 35.9. The monoisotopic (exact) mass is 265 g/mol. The van der Waals surface area contributed by atoms with Crippen LogP contribution in [0.3, 0.4) is 0 Å². The summed E-state index contributed by atoms with van der Waals surface area (Å²) in [4.78, 5) is 21.4. The lowest BCUT2D eigenvalue weighted by molar-refractivity contribution is -0.252. The molecule has 0 spiro atoms. The second-order valence-corrected chi connectivity index (χ2v) is 3.81. The summed E-state index contributed by atoms with van der Waals surface area (Å²) < 4.78 is 4.80. The SMILES string of the molecule is CN(N=O)C(=O)NC1[C@H](O)OC(CO)[C@@H](O)[C@@H]1O. The highest BCUT2D eigenvalue weighted by atomic mass is 16.6. The fraction of sp³-hybridized carbons (Fsp3) is 0.875. The second-order valence-electron chi connectivity index (χ2n) is 3.81. The molecule has 0 aromatic heterocycles. The van der Waals surface area contributed by atoms with E-state index in [0.29, 0.717) is 5.01 Å². The second kappa shape index (κ2) is 6.02. The zero-order chi connectivity index (χ0) is 13.9. The Hall–Kier alpha value is -1.33. The number of urea groups is 1. The van der Waals surface area contributed by atoms with Gasteiger partial charge in [-0.3, -0.25) is 0 Å². The van der Waals surface area contributed by atoms with E-state index in [2.05, 4.69) is 10.6 Å². The van der Waals surface area contributed by atoms with Crippen molar-refractivity contribution in [2.24, 2.45) is 5.29 Å². The van der Waals surface area contributed by atoms with E-state index in [4.69, 9.17) is 9.84 Å². The molecule has 2 amide bonds. The van der Waals surface area contributed by atoms with Crippen molar-refractivity contribution in [3.63, 3.8) is 0 Å². The van der Waals surface area contributed by atoms with Gasteiger partial charge in [0.1, 0.15) is 24.4 Å². The van der Waals surface area contributed by atoms with Crippen molar-refractivity contribution in [3.8, 4) is 0 Å². The van der Waals surface area contributed by atoms with E-state index in [-0.39, 0.29) is 0 Å². The molecule has 5 N–H and O–H groups in total. The quantitative estimate of drug-likeness (QED) is 0.271. The zero-order valence-electron chi connectivity index (χ0n) is 9.50. The van der Waals surface area contributed by atoms with Crippen molar-refractivity contribution in [2.75, 3.05) is 13.7 Å². The van der Waals surface area contributed by atoms with E-state index in [1.165, 1.54) is 0 Å². The van der Waals surface area contributed by atoms with Crippen molar-refractivity contribution in [1.29, 1.82) is 0 Å². The van der Waals surface area contributed by atoms with Crippen LogP contribution in [0.25, 0.3) is 0 Å². The minimum Gasteiger partial charge on any atom is -0.394 e. The Morgan fingerprint density at radius 2 is 2.00 bits per heavy atom. The number of nitrogens with zero attached hydrogens (tertiary/aromatic N) is 2. The molecule has 10 heteroatoms. The third-order valence-corrected chi connectivity index (χ3v) is 2.61. The minimum absolute atomic E-state index is 0.407. The number of carbonyl (C=O) groups excluding carboxylic acids is 1. The molecule has 0 aromatic rings. The molecule has 10 nitrogen and oxygen atoms in total. The summed E-state index contributed by atoms with van der Waals surface area (Å²) in [6.45, 7) is -0.605. The van der Waals surface area contributed by atoms with Crippen LogP contribution in [-0.4, -0.2) is 75.8 Å². The Morgan fingerprint density at radius 1 is 1.39 bits per heavy atom. The average molecular weight is 265 g/mol. The summed E-state index contributed by atoms with van der Waals surface area (Å²) in [7, 11) is 1.07. The van der Waals surface area contributed by atoms with E-state index in [1.807, 2.05) is 0 Å². The van der Waals surface area contributed by atoms with Gasteiger partial charge in [-0.25, -0.2) is 4.79 Å². The van der Waals surface area contributed by atoms with Gasteiger partial charge in [-0.2, -0.15) is 5.01 Å². The number of aliphatic hydroxyl groups is 4. The Balaban J connectivity index is 2.71.